The lowest BCUT2D eigenvalue weighted by molar-refractivity contribution is 0.259. The summed E-state index contributed by atoms with van der Waals surface area (Å²) in [6.07, 6.45) is 13.1. The first kappa shape index (κ1) is 17.9. The summed E-state index contributed by atoms with van der Waals surface area (Å²) in [4.78, 5) is 8.79. The molecule has 0 unspecified atom stereocenters. The Labute approximate surface area is 151 Å². The van der Waals surface area contributed by atoms with Crippen LogP contribution in [0.5, 0.6) is 5.75 Å². The third-order valence-corrected chi connectivity index (χ3v) is 5.54. The Balaban J connectivity index is 1.52. The molecule has 3 nitrogen and oxygen atoms in total. The maximum Gasteiger partial charge on any atom is 0.159 e. The van der Waals surface area contributed by atoms with Gasteiger partial charge < -0.3 is 4.74 Å². The molecule has 1 aromatic heterocycles. The van der Waals surface area contributed by atoms with E-state index in [9.17, 15) is 0 Å². The van der Waals surface area contributed by atoms with Gasteiger partial charge in [0.25, 0.3) is 0 Å². The van der Waals surface area contributed by atoms with Crippen molar-refractivity contribution in [3.8, 4) is 17.1 Å². The van der Waals surface area contributed by atoms with Gasteiger partial charge in [-0.15, -0.1) is 0 Å². The molecule has 3 heteroatoms. The first-order valence-corrected chi connectivity index (χ1v) is 9.82. The van der Waals surface area contributed by atoms with Gasteiger partial charge in [-0.25, -0.2) is 9.97 Å². The van der Waals surface area contributed by atoms with Crippen LogP contribution in [-0.4, -0.2) is 16.6 Å². The number of aromatic nitrogens is 2. The van der Waals surface area contributed by atoms with Crippen LogP contribution in [0.15, 0.2) is 36.7 Å². The molecular formula is C22H30N2O. The van der Waals surface area contributed by atoms with Gasteiger partial charge in [-0.1, -0.05) is 63.3 Å². The molecule has 2 aromatic rings. The van der Waals surface area contributed by atoms with Gasteiger partial charge in [0.05, 0.1) is 19.0 Å². The smallest absolute Gasteiger partial charge is 0.159 e. The molecule has 0 atom stereocenters. The summed E-state index contributed by atoms with van der Waals surface area (Å²) in [7, 11) is 0. The van der Waals surface area contributed by atoms with Crippen LogP contribution in [0.3, 0.4) is 0 Å². The highest BCUT2D eigenvalue weighted by molar-refractivity contribution is 5.55. The van der Waals surface area contributed by atoms with Crippen molar-refractivity contribution in [2.75, 3.05) is 6.61 Å². The lowest BCUT2D eigenvalue weighted by Gasteiger charge is -2.27. The van der Waals surface area contributed by atoms with Crippen LogP contribution in [0.25, 0.3) is 11.4 Å². The van der Waals surface area contributed by atoms with E-state index >= 15 is 0 Å². The minimum Gasteiger partial charge on any atom is -0.491 e. The van der Waals surface area contributed by atoms with Crippen LogP contribution in [0.2, 0.25) is 0 Å². The van der Waals surface area contributed by atoms with Gasteiger partial charge >= 0.3 is 0 Å². The van der Waals surface area contributed by atoms with E-state index in [1.165, 1.54) is 50.5 Å². The molecule has 1 heterocycles. The maximum atomic E-state index is 5.39. The minimum absolute atomic E-state index is 0.636. The zero-order chi connectivity index (χ0) is 17.5. The van der Waals surface area contributed by atoms with Gasteiger partial charge in [-0.2, -0.15) is 0 Å². The fraction of sp³-hybridized carbons (Fsp3) is 0.545. The zero-order valence-electron chi connectivity index (χ0n) is 15.6. The third-order valence-electron chi connectivity index (χ3n) is 5.54. The molecule has 0 saturated heterocycles. The average molecular weight is 338 g/mol. The van der Waals surface area contributed by atoms with E-state index in [1.807, 2.05) is 6.92 Å². The molecule has 0 amide bonds. The van der Waals surface area contributed by atoms with Crippen molar-refractivity contribution < 1.29 is 4.74 Å². The Kier molecular flexibility index (Phi) is 6.43. The summed E-state index contributed by atoms with van der Waals surface area (Å²) >= 11 is 0. The van der Waals surface area contributed by atoms with Crippen molar-refractivity contribution in [2.24, 2.45) is 11.8 Å². The fourth-order valence-corrected chi connectivity index (χ4v) is 3.83. The van der Waals surface area contributed by atoms with Crippen LogP contribution in [0.4, 0.5) is 0 Å². The fourth-order valence-electron chi connectivity index (χ4n) is 3.83. The number of hydrogen-bond acceptors (Lipinski definition) is 3. The SMILES string of the molecule is CCOc1cnc(-c2ccc(CCC3CCC(CC)CC3)cc2)nc1. The summed E-state index contributed by atoms with van der Waals surface area (Å²) in [5.41, 5.74) is 2.49. The molecule has 0 aliphatic heterocycles. The van der Waals surface area contributed by atoms with Gasteiger partial charge in [0.1, 0.15) is 0 Å². The molecule has 1 fully saturated rings. The highest BCUT2D eigenvalue weighted by Gasteiger charge is 2.19. The Hall–Kier alpha value is -1.90. The Morgan fingerprint density at radius 1 is 0.920 bits per heavy atom. The summed E-state index contributed by atoms with van der Waals surface area (Å²) in [6, 6.07) is 8.73. The maximum absolute atomic E-state index is 5.39. The van der Waals surface area contributed by atoms with E-state index in [0.29, 0.717) is 6.61 Å². The molecule has 1 aliphatic rings. The molecule has 3 rings (SSSR count). The molecule has 1 saturated carbocycles. The van der Waals surface area contributed by atoms with E-state index in [4.69, 9.17) is 4.74 Å². The van der Waals surface area contributed by atoms with E-state index in [-0.39, 0.29) is 0 Å². The highest BCUT2D eigenvalue weighted by atomic mass is 16.5. The van der Waals surface area contributed by atoms with Crippen molar-refractivity contribution in [3.63, 3.8) is 0 Å². The second-order valence-electron chi connectivity index (χ2n) is 7.21. The standard InChI is InChI=1S/C22H30N2O/c1-3-17-5-7-18(8-6-17)9-10-19-11-13-20(14-12-19)22-23-15-21(16-24-22)25-4-2/h11-18H,3-10H2,1-2H3. The predicted octanol–water partition coefficient (Wildman–Crippen LogP) is 5.69. The topological polar surface area (TPSA) is 35.0 Å². The average Bonchev–Trinajstić information content (AvgIpc) is 2.68. The van der Waals surface area contributed by atoms with Crippen LogP contribution < -0.4 is 4.74 Å². The van der Waals surface area contributed by atoms with Crippen molar-refractivity contribution in [1.82, 2.24) is 9.97 Å². The van der Waals surface area contributed by atoms with Gasteiger partial charge in [0.2, 0.25) is 0 Å². The number of ether oxygens (including phenoxy) is 1. The molecule has 134 valence electrons. The molecular weight excluding hydrogens is 308 g/mol. The Bertz CT molecular complexity index is 628. The summed E-state index contributed by atoms with van der Waals surface area (Å²) in [6.45, 7) is 4.93. The Morgan fingerprint density at radius 2 is 1.56 bits per heavy atom. The zero-order valence-corrected chi connectivity index (χ0v) is 15.6. The molecule has 0 N–H and O–H groups in total. The molecule has 0 bridgehead atoms. The number of aryl methyl sites for hydroxylation is 1. The van der Waals surface area contributed by atoms with Gasteiger partial charge in [-0.3, -0.25) is 0 Å². The first-order chi connectivity index (χ1) is 12.3. The van der Waals surface area contributed by atoms with Gasteiger partial charge in [-0.05, 0) is 37.2 Å². The van der Waals surface area contributed by atoms with Gasteiger partial charge in [0.15, 0.2) is 11.6 Å². The molecule has 25 heavy (non-hydrogen) atoms. The number of rotatable bonds is 7. The quantitative estimate of drug-likeness (QED) is 0.650. The largest absolute Gasteiger partial charge is 0.491 e. The van der Waals surface area contributed by atoms with Crippen molar-refractivity contribution in [1.29, 1.82) is 0 Å². The van der Waals surface area contributed by atoms with E-state index in [1.54, 1.807) is 12.4 Å². The van der Waals surface area contributed by atoms with Crippen LogP contribution in [0, 0.1) is 11.8 Å². The van der Waals surface area contributed by atoms with Crippen molar-refractivity contribution in [3.05, 3.63) is 42.2 Å². The predicted molar refractivity (Wildman–Crippen MR) is 103 cm³/mol. The molecule has 1 aromatic carbocycles. The van der Waals surface area contributed by atoms with E-state index in [0.717, 1.165) is 29.0 Å². The first-order valence-electron chi connectivity index (χ1n) is 9.82. The molecule has 0 spiro atoms. The Morgan fingerprint density at radius 3 is 2.16 bits per heavy atom. The van der Waals surface area contributed by atoms with Crippen molar-refractivity contribution >= 4 is 0 Å². The van der Waals surface area contributed by atoms with Crippen LogP contribution in [-0.2, 0) is 6.42 Å². The van der Waals surface area contributed by atoms with Crippen molar-refractivity contribution in [2.45, 2.75) is 58.8 Å². The summed E-state index contributed by atoms with van der Waals surface area (Å²) < 4.78 is 5.39. The summed E-state index contributed by atoms with van der Waals surface area (Å²) in [5.74, 6) is 3.40. The van der Waals surface area contributed by atoms with Crippen LogP contribution >= 0.6 is 0 Å². The third kappa shape index (κ3) is 5.04. The summed E-state index contributed by atoms with van der Waals surface area (Å²) in [5, 5.41) is 0. The number of nitrogens with zero attached hydrogens (tertiary/aromatic N) is 2. The highest BCUT2D eigenvalue weighted by Crippen LogP contribution is 2.33. The van der Waals surface area contributed by atoms with Gasteiger partial charge in [0, 0.05) is 5.56 Å². The second-order valence-corrected chi connectivity index (χ2v) is 7.21. The minimum atomic E-state index is 0.636. The number of benzene rings is 1. The monoisotopic (exact) mass is 338 g/mol. The van der Waals surface area contributed by atoms with E-state index in [2.05, 4.69) is 41.2 Å². The molecule has 0 radical (unpaired) electrons. The normalized spacial score (nSPS) is 20.4. The lowest BCUT2D eigenvalue weighted by atomic mass is 9.78. The second kappa shape index (κ2) is 8.98. The van der Waals surface area contributed by atoms with Crippen LogP contribution in [0.1, 0.15) is 57.9 Å². The number of hydrogen-bond donors (Lipinski definition) is 0. The lowest BCUT2D eigenvalue weighted by Crippen LogP contribution is -2.14. The molecule has 1 aliphatic carbocycles. The van der Waals surface area contributed by atoms with E-state index < -0.39 is 0 Å².